The first-order valence-electron chi connectivity index (χ1n) is 8.73. The van der Waals surface area contributed by atoms with Gasteiger partial charge in [-0.3, -0.25) is 9.59 Å². The second-order valence-corrected chi connectivity index (χ2v) is 6.67. The number of carbonyl (C=O) groups is 2. The maximum Gasteiger partial charge on any atom is 0.416 e. The number of nitrogens with zero attached hydrogens (tertiary/aromatic N) is 1. The molecule has 1 aromatic carbocycles. The number of halogens is 3. The number of likely N-dealkylation sites (tertiary alicyclic amines) is 1. The maximum atomic E-state index is 12.7. The number of benzene rings is 1. The van der Waals surface area contributed by atoms with E-state index in [1.807, 2.05) is 0 Å². The Balaban J connectivity index is 1.53. The van der Waals surface area contributed by atoms with Crippen molar-refractivity contribution in [3.05, 3.63) is 29.8 Å². The molecule has 1 atom stereocenters. The zero-order chi connectivity index (χ0) is 18.7. The lowest BCUT2D eigenvalue weighted by Crippen LogP contribution is -2.45. The average Bonchev–Trinajstić information content (AvgIpc) is 3.15. The summed E-state index contributed by atoms with van der Waals surface area (Å²) in [5, 5.41) is 2.56. The number of rotatable bonds is 3. The van der Waals surface area contributed by atoms with E-state index in [2.05, 4.69) is 5.32 Å². The third kappa shape index (κ3) is 4.35. The van der Waals surface area contributed by atoms with E-state index in [1.165, 1.54) is 12.1 Å². The highest BCUT2D eigenvalue weighted by atomic mass is 19.4. The van der Waals surface area contributed by atoms with E-state index in [-0.39, 0.29) is 29.5 Å². The summed E-state index contributed by atoms with van der Waals surface area (Å²) in [6.07, 6.45) is -2.23. The van der Waals surface area contributed by atoms with Gasteiger partial charge in [0.05, 0.1) is 5.56 Å². The fraction of sp³-hybridized carbons (Fsp3) is 0.556. The van der Waals surface area contributed by atoms with Gasteiger partial charge in [-0.2, -0.15) is 13.2 Å². The molecular formula is C18H21F3N2O3. The lowest BCUT2D eigenvalue weighted by atomic mass is 9.95. The van der Waals surface area contributed by atoms with Crippen molar-refractivity contribution in [1.29, 1.82) is 0 Å². The monoisotopic (exact) mass is 370 g/mol. The number of piperidine rings is 1. The molecule has 2 fully saturated rings. The minimum absolute atomic E-state index is 0.0285. The fourth-order valence-corrected chi connectivity index (χ4v) is 3.36. The number of hydrogen-bond donors (Lipinski definition) is 1. The summed E-state index contributed by atoms with van der Waals surface area (Å²) in [4.78, 5) is 26.3. The summed E-state index contributed by atoms with van der Waals surface area (Å²) < 4.78 is 43.6. The first-order chi connectivity index (χ1) is 12.3. The van der Waals surface area contributed by atoms with E-state index in [4.69, 9.17) is 4.74 Å². The van der Waals surface area contributed by atoms with Crippen molar-refractivity contribution in [2.24, 2.45) is 5.92 Å². The molecule has 0 radical (unpaired) electrons. The molecular weight excluding hydrogens is 349 g/mol. The second-order valence-electron chi connectivity index (χ2n) is 6.67. The van der Waals surface area contributed by atoms with Crippen LogP contribution in [0, 0.1) is 5.92 Å². The lowest BCUT2D eigenvalue weighted by molar-refractivity contribution is -0.143. The quantitative estimate of drug-likeness (QED) is 0.890. The highest BCUT2D eigenvalue weighted by molar-refractivity contribution is 5.93. The molecule has 0 aromatic heterocycles. The second kappa shape index (κ2) is 7.65. The van der Waals surface area contributed by atoms with Crippen molar-refractivity contribution in [1.82, 2.24) is 4.90 Å². The zero-order valence-corrected chi connectivity index (χ0v) is 14.2. The van der Waals surface area contributed by atoms with E-state index in [0.717, 1.165) is 25.0 Å². The SMILES string of the molecule is O=C(Nc1cccc(C(F)(F)F)c1)C1CCN(C(=O)C2CCCO2)CC1. The van der Waals surface area contributed by atoms with Gasteiger partial charge in [-0.05, 0) is 43.9 Å². The van der Waals surface area contributed by atoms with Crippen molar-refractivity contribution < 1.29 is 27.5 Å². The van der Waals surface area contributed by atoms with Crippen molar-refractivity contribution >= 4 is 17.5 Å². The molecule has 2 amide bonds. The van der Waals surface area contributed by atoms with Crippen LogP contribution in [-0.2, 0) is 20.5 Å². The molecule has 3 rings (SSSR count). The number of ether oxygens (including phenoxy) is 1. The van der Waals surface area contributed by atoms with Crippen LogP contribution in [-0.4, -0.2) is 42.5 Å². The third-order valence-corrected chi connectivity index (χ3v) is 4.84. The van der Waals surface area contributed by atoms with Crippen LogP contribution < -0.4 is 5.32 Å². The van der Waals surface area contributed by atoms with Crippen LogP contribution in [0.25, 0.3) is 0 Å². The fourth-order valence-electron chi connectivity index (χ4n) is 3.36. The lowest BCUT2D eigenvalue weighted by Gasteiger charge is -2.32. The summed E-state index contributed by atoms with van der Waals surface area (Å²) >= 11 is 0. The number of amides is 2. The van der Waals surface area contributed by atoms with Gasteiger partial charge in [0.15, 0.2) is 0 Å². The van der Waals surface area contributed by atoms with Gasteiger partial charge in [-0.1, -0.05) is 6.07 Å². The molecule has 142 valence electrons. The van der Waals surface area contributed by atoms with Crippen LogP contribution in [0.2, 0.25) is 0 Å². The number of hydrogen-bond acceptors (Lipinski definition) is 3. The smallest absolute Gasteiger partial charge is 0.368 e. The highest BCUT2D eigenvalue weighted by Crippen LogP contribution is 2.31. The summed E-state index contributed by atoms with van der Waals surface area (Å²) in [7, 11) is 0. The Bertz CT molecular complexity index is 664. The molecule has 0 saturated carbocycles. The molecule has 0 spiro atoms. The molecule has 1 N–H and O–H groups in total. The Morgan fingerprint density at radius 3 is 2.50 bits per heavy atom. The van der Waals surface area contributed by atoms with Gasteiger partial charge in [0.2, 0.25) is 5.91 Å². The van der Waals surface area contributed by atoms with E-state index in [9.17, 15) is 22.8 Å². The van der Waals surface area contributed by atoms with Crippen LogP contribution in [0.4, 0.5) is 18.9 Å². The van der Waals surface area contributed by atoms with Crippen molar-refractivity contribution in [2.75, 3.05) is 25.0 Å². The topological polar surface area (TPSA) is 58.6 Å². The molecule has 2 aliphatic rings. The van der Waals surface area contributed by atoms with E-state index in [1.54, 1.807) is 4.90 Å². The number of carbonyl (C=O) groups excluding carboxylic acids is 2. The molecule has 8 heteroatoms. The largest absolute Gasteiger partial charge is 0.416 e. The first-order valence-corrected chi connectivity index (χ1v) is 8.73. The molecule has 5 nitrogen and oxygen atoms in total. The third-order valence-electron chi connectivity index (χ3n) is 4.84. The molecule has 1 aromatic rings. The predicted molar refractivity (Wildman–Crippen MR) is 88.4 cm³/mol. The van der Waals surface area contributed by atoms with Gasteiger partial charge in [-0.15, -0.1) is 0 Å². The Kier molecular flexibility index (Phi) is 5.50. The number of alkyl halides is 3. The zero-order valence-electron chi connectivity index (χ0n) is 14.2. The minimum Gasteiger partial charge on any atom is -0.368 e. The van der Waals surface area contributed by atoms with Crippen LogP contribution >= 0.6 is 0 Å². The first kappa shape index (κ1) is 18.7. The van der Waals surface area contributed by atoms with Gasteiger partial charge in [0, 0.05) is 31.3 Å². The van der Waals surface area contributed by atoms with Gasteiger partial charge in [0.1, 0.15) is 6.10 Å². The van der Waals surface area contributed by atoms with Crippen molar-refractivity contribution in [3.63, 3.8) is 0 Å². The van der Waals surface area contributed by atoms with Gasteiger partial charge in [0.25, 0.3) is 5.91 Å². The van der Waals surface area contributed by atoms with Crippen molar-refractivity contribution in [3.8, 4) is 0 Å². The van der Waals surface area contributed by atoms with Gasteiger partial charge < -0.3 is 15.0 Å². The standard InChI is InChI=1S/C18H21F3N2O3/c19-18(20,21)13-3-1-4-14(11-13)22-16(24)12-6-8-23(9-7-12)17(25)15-5-2-10-26-15/h1,3-4,11-12,15H,2,5-10H2,(H,22,24). The average molecular weight is 370 g/mol. The Labute approximate surface area is 149 Å². The molecule has 0 aliphatic carbocycles. The van der Waals surface area contributed by atoms with Gasteiger partial charge in [-0.25, -0.2) is 0 Å². The van der Waals surface area contributed by atoms with Crippen molar-refractivity contribution in [2.45, 2.75) is 38.0 Å². The van der Waals surface area contributed by atoms with Crippen LogP contribution in [0.3, 0.4) is 0 Å². The van der Waals surface area contributed by atoms with E-state index >= 15 is 0 Å². The Hall–Kier alpha value is -2.09. The molecule has 2 saturated heterocycles. The maximum absolute atomic E-state index is 12.7. The molecule has 1 unspecified atom stereocenters. The summed E-state index contributed by atoms with van der Waals surface area (Å²) in [6.45, 7) is 1.52. The Morgan fingerprint density at radius 2 is 1.88 bits per heavy atom. The number of nitrogens with one attached hydrogen (secondary N) is 1. The highest BCUT2D eigenvalue weighted by Gasteiger charge is 2.33. The molecule has 2 heterocycles. The summed E-state index contributed by atoms with van der Waals surface area (Å²) in [6, 6.07) is 4.59. The van der Waals surface area contributed by atoms with Crippen LogP contribution in [0.15, 0.2) is 24.3 Å². The summed E-state index contributed by atoms with van der Waals surface area (Å²) in [5.74, 6) is -0.661. The molecule has 26 heavy (non-hydrogen) atoms. The van der Waals surface area contributed by atoms with Crippen LogP contribution in [0.1, 0.15) is 31.2 Å². The molecule has 2 aliphatic heterocycles. The number of anilines is 1. The normalized spacial score (nSPS) is 21.7. The Morgan fingerprint density at radius 1 is 1.15 bits per heavy atom. The van der Waals surface area contributed by atoms with Gasteiger partial charge >= 0.3 is 6.18 Å². The van der Waals surface area contributed by atoms with E-state index in [0.29, 0.717) is 32.5 Å². The summed E-state index contributed by atoms with van der Waals surface area (Å²) in [5.41, 5.74) is -0.671. The minimum atomic E-state index is -4.45. The predicted octanol–water partition coefficient (Wildman–Crippen LogP) is 3.06. The van der Waals surface area contributed by atoms with E-state index < -0.39 is 11.7 Å². The molecule has 0 bridgehead atoms. The van der Waals surface area contributed by atoms with Crippen LogP contribution in [0.5, 0.6) is 0 Å².